The normalized spacial score (nSPS) is 18.4. The summed E-state index contributed by atoms with van der Waals surface area (Å²) in [6.07, 6.45) is 3.44. The third kappa shape index (κ3) is 3.71. The molecule has 0 unspecified atom stereocenters. The SMILES string of the molecule is C/C=N/Nc1cc2nc(C(=O)N3CCNCC3)cn2c(N2CCOCC2)n1. The van der Waals surface area contributed by atoms with Gasteiger partial charge >= 0.3 is 0 Å². The van der Waals surface area contributed by atoms with Crippen LogP contribution < -0.4 is 15.6 Å². The number of rotatable bonds is 4. The van der Waals surface area contributed by atoms with Gasteiger partial charge in [-0.25, -0.2) is 4.98 Å². The minimum Gasteiger partial charge on any atom is -0.378 e. The summed E-state index contributed by atoms with van der Waals surface area (Å²) < 4.78 is 7.33. The molecule has 0 saturated carbocycles. The number of carbonyl (C=O) groups excluding carboxylic acids is 1. The van der Waals surface area contributed by atoms with E-state index in [9.17, 15) is 4.79 Å². The van der Waals surface area contributed by atoms with Crippen molar-refractivity contribution in [2.75, 3.05) is 62.8 Å². The Bertz CT molecular complexity index is 837. The van der Waals surface area contributed by atoms with Crippen LogP contribution in [-0.4, -0.2) is 83.9 Å². The standard InChI is InChI=1S/C17H24N8O2/c1-2-19-22-14-11-15-20-13(16(26)23-5-3-18-4-6-23)12-25(15)17(21-14)24-7-9-27-10-8-24/h2,11-12,18,22H,3-10H2,1H3/b19-2+. The summed E-state index contributed by atoms with van der Waals surface area (Å²) in [6, 6.07) is 1.80. The van der Waals surface area contributed by atoms with Gasteiger partial charge in [0.15, 0.2) is 5.82 Å². The molecule has 4 heterocycles. The van der Waals surface area contributed by atoms with Crippen LogP contribution in [-0.2, 0) is 4.74 Å². The molecule has 2 aromatic heterocycles. The number of nitrogens with one attached hydrogen (secondary N) is 2. The topological polar surface area (TPSA) is 99.4 Å². The second-order valence-electron chi connectivity index (χ2n) is 6.44. The second kappa shape index (κ2) is 7.89. The first-order valence-electron chi connectivity index (χ1n) is 9.23. The molecule has 2 fully saturated rings. The Morgan fingerprint density at radius 3 is 2.78 bits per heavy atom. The zero-order chi connectivity index (χ0) is 18.6. The maximum Gasteiger partial charge on any atom is 0.274 e. The summed E-state index contributed by atoms with van der Waals surface area (Å²) in [4.78, 5) is 26.1. The third-order valence-corrected chi connectivity index (χ3v) is 4.66. The number of hydrazone groups is 1. The molecular formula is C17H24N8O2. The molecule has 2 N–H and O–H groups in total. The Balaban J connectivity index is 1.71. The number of hydrogen-bond acceptors (Lipinski definition) is 8. The maximum atomic E-state index is 12.8. The Hall–Kier alpha value is -2.72. The highest BCUT2D eigenvalue weighted by Gasteiger charge is 2.23. The molecule has 0 aliphatic carbocycles. The van der Waals surface area contributed by atoms with Crippen LogP contribution in [0.2, 0.25) is 0 Å². The van der Waals surface area contributed by atoms with Crippen molar-refractivity contribution in [3.8, 4) is 0 Å². The van der Waals surface area contributed by atoms with Crippen molar-refractivity contribution in [1.29, 1.82) is 0 Å². The molecular weight excluding hydrogens is 348 g/mol. The number of nitrogens with zero attached hydrogens (tertiary/aromatic N) is 6. The number of fused-ring (bicyclic) bond motifs is 1. The highest BCUT2D eigenvalue weighted by Crippen LogP contribution is 2.21. The van der Waals surface area contributed by atoms with E-state index in [4.69, 9.17) is 4.74 Å². The lowest BCUT2D eigenvalue weighted by Crippen LogP contribution is -2.46. The van der Waals surface area contributed by atoms with Crippen molar-refractivity contribution in [1.82, 2.24) is 24.6 Å². The number of aromatic nitrogens is 3. The summed E-state index contributed by atoms with van der Waals surface area (Å²) in [7, 11) is 0. The highest BCUT2D eigenvalue weighted by atomic mass is 16.5. The molecule has 4 rings (SSSR count). The first-order chi connectivity index (χ1) is 13.3. The summed E-state index contributed by atoms with van der Waals surface area (Å²) in [5.41, 5.74) is 4.01. The van der Waals surface area contributed by atoms with E-state index >= 15 is 0 Å². The Labute approximate surface area is 157 Å². The molecule has 2 aromatic rings. The van der Waals surface area contributed by atoms with Crippen molar-refractivity contribution < 1.29 is 9.53 Å². The summed E-state index contributed by atoms with van der Waals surface area (Å²) in [5.74, 6) is 1.28. The molecule has 10 nitrogen and oxygen atoms in total. The molecule has 27 heavy (non-hydrogen) atoms. The van der Waals surface area contributed by atoms with E-state index in [2.05, 4.69) is 30.7 Å². The lowest BCUT2D eigenvalue weighted by Gasteiger charge is -2.28. The number of morpholine rings is 1. The third-order valence-electron chi connectivity index (χ3n) is 4.66. The van der Waals surface area contributed by atoms with Gasteiger partial charge in [0.1, 0.15) is 11.3 Å². The summed E-state index contributed by atoms with van der Waals surface area (Å²) in [5, 5.41) is 7.31. The van der Waals surface area contributed by atoms with E-state index in [1.165, 1.54) is 0 Å². The van der Waals surface area contributed by atoms with Gasteiger partial charge in [0, 0.05) is 57.7 Å². The number of imidazole rings is 1. The quantitative estimate of drug-likeness (QED) is 0.577. The van der Waals surface area contributed by atoms with E-state index < -0.39 is 0 Å². The first kappa shape index (κ1) is 17.7. The molecule has 0 atom stereocenters. The van der Waals surface area contributed by atoms with E-state index in [-0.39, 0.29) is 5.91 Å². The number of hydrogen-bond donors (Lipinski definition) is 2. The molecule has 144 valence electrons. The van der Waals surface area contributed by atoms with E-state index in [1.807, 2.05) is 16.2 Å². The van der Waals surface area contributed by atoms with Crippen LogP contribution in [0.1, 0.15) is 17.4 Å². The summed E-state index contributed by atoms with van der Waals surface area (Å²) in [6.45, 7) is 7.60. The van der Waals surface area contributed by atoms with Gasteiger partial charge in [-0.1, -0.05) is 0 Å². The van der Waals surface area contributed by atoms with Crippen molar-refractivity contribution in [2.24, 2.45) is 5.10 Å². The van der Waals surface area contributed by atoms with Crippen LogP contribution >= 0.6 is 0 Å². The molecule has 1 amide bonds. The lowest BCUT2D eigenvalue weighted by atomic mass is 10.3. The number of piperazine rings is 1. The maximum absolute atomic E-state index is 12.8. The number of ether oxygens (including phenoxy) is 1. The van der Waals surface area contributed by atoms with Crippen molar-refractivity contribution in [3.05, 3.63) is 18.0 Å². The fourth-order valence-corrected chi connectivity index (χ4v) is 3.28. The second-order valence-corrected chi connectivity index (χ2v) is 6.44. The molecule has 0 radical (unpaired) electrons. The van der Waals surface area contributed by atoms with Crippen LogP contribution in [0.5, 0.6) is 0 Å². The van der Waals surface area contributed by atoms with Crippen molar-refractivity contribution >= 4 is 29.5 Å². The van der Waals surface area contributed by atoms with Gasteiger partial charge in [-0.2, -0.15) is 10.1 Å². The highest BCUT2D eigenvalue weighted by molar-refractivity contribution is 5.93. The van der Waals surface area contributed by atoms with Crippen LogP contribution in [0.4, 0.5) is 11.8 Å². The van der Waals surface area contributed by atoms with E-state index in [1.54, 1.807) is 18.5 Å². The van der Waals surface area contributed by atoms with Gasteiger partial charge in [0.25, 0.3) is 5.91 Å². The average molecular weight is 372 g/mol. The minimum atomic E-state index is -0.0470. The molecule has 0 spiro atoms. The fourth-order valence-electron chi connectivity index (χ4n) is 3.28. The zero-order valence-corrected chi connectivity index (χ0v) is 15.4. The van der Waals surface area contributed by atoms with Crippen molar-refractivity contribution in [2.45, 2.75) is 6.92 Å². The number of carbonyl (C=O) groups is 1. The first-order valence-corrected chi connectivity index (χ1v) is 9.23. The minimum absolute atomic E-state index is 0.0470. The molecule has 2 aliphatic heterocycles. The van der Waals surface area contributed by atoms with Crippen LogP contribution in [0.15, 0.2) is 17.4 Å². The van der Waals surface area contributed by atoms with E-state index in [0.29, 0.717) is 43.5 Å². The predicted octanol–water partition coefficient (Wildman–Crippen LogP) is 0.0289. The lowest BCUT2D eigenvalue weighted by molar-refractivity contribution is 0.0730. The fraction of sp³-hybridized carbons (Fsp3) is 0.529. The molecule has 2 saturated heterocycles. The van der Waals surface area contributed by atoms with Gasteiger partial charge in [0.05, 0.1) is 13.2 Å². The van der Waals surface area contributed by atoms with Crippen LogP contribution in [0.25, 0.3) is 5.65 Å². The number of anilines is 2. The van der Waals surface area contributed by atoms with Gasteiger partial charge < -0.3 is 19.9 Å². The Kier molecular flexibility index (Phi) is 5.16. The number of amides is 1. The van der Waals surface area contributed by atoms with Crippen LogP contribution in [0.3, 0.4) is 0 Å². The van der Waals surface area contributed by atoms with Gasteiger partial charge in [-0.3, -0.25) is 14.6 Å². The monoisotopic (exact) mass is 372 g/mol. The Morgan fingerprint density at radius 2 is 2.04 bits per heavy atom. The smallest absolute Gasteiger partial charge is 0.274 e. The van der Waals surface area contributed by atoms with Gasteiger partial charge in [-0.05, 0) is 6.92 Å². The van der Waals surface area contributed by atoms with Crippen LogP contribution in [0, 0.1) is 0 Å². The Morgan fingerprint density at radius 1 is 1.26 bits per heavy atom. The zero-order valence-electron chi connectivity index (χ0n) is 15.4. The molecule has 0 aromatic carbocycles. The van der Waals surface area contributed by atoms with E-state index in [0.717, 1.165) is 32.1 Å². The molecule has 2 aliphatic rings. The van der Waals surface area contributed by atoms with Gasteiger partial charge in [0.2, 0.25) is 5.95 Å². The largest absolute Gasteiger partial charge is 0.378 e. The van der Waals surface area contributed by atoms with Crippen molar-refractivity contribution in [3.63, 3.8) is 0 Å². The predicted molar refractivity (Wildman–Crippen MR) is 103 cm³/mol. The molecule has 10 heteroatoms. The molecule has 0 bridgehead atoms. The summed E-state index contributed by atoms with van der Waals surface area (Å²) >= 11 is 0. The van der Waals surface area contributed by atoms with Gasteiger partial charge in [-0.15, -0.1) is 0 Å². The average Bonchev–Trinajstić information content (AvgIpc) is 3.16.